The highest BCUT2D eigenvalue weighted by atomic mass is 32.2. The molecule has 0 aliphatic carbocycles. The Balaban J connectivity index is 1.80. The highest BCUT2D eigenvalue weighted by molar-refractivity contribution is 7.99. The lowest BCUT2D eigenvalue weighted by atomic mass is 10.1. The molecule has 1 fully saturated rings. The zero-order chi connectivity index (χ0) is 19.2. The number of nitrogens with zero attached hydrogens (tertiary/aromatic N) is 5. The lowest BCUT2D eigenvalue weighted by Gasteiger charge is -2.28. The highest BCUT2D eigenvalue weighted by Gasteiger charge is 2.19. The Morgan fingerprint density at radius 2 is 2.04 bits per heavy atom. The molecule has 0 bridgehead atoms. The monoisotopic (exact) mass is 390 g/mol. The molecule has 2 aromatic rings. The SMILES string of the molecule is CCSc1nc(N2CCCCC2)c2cnn(CCNC(=O)CC(C)C)c2n1. The van der Waals surface area contributed by atoms with Crippen molar-refractivity contribution >= 4 is 34.5 Å². The van der Waals surface area contributed by atoms with Crippen LogP contribution in [0.3, 0.4) is 0 Å². The van der Waals surface area contributed by atoms with Crippen molar-refractivity contribution in [1.82, 2.24) is 25.1 Å². The number of carbonyl (C=O) groups is 1. The maximum absolute atomic E-state index is 11.9. The summed E-state index contributed by atoms with van der Waals surface area (Å²) in [6.45, 7) is 9.46. The van der Waals surface area contributed by atoms with E-state index in [1.165, 1.54) is 19.3 Å². The Kier molecular flexibility index (Phi) is 6.93. The summed E-state index contributed by atoms with van der Waals surface area (Å²) in [7, 11) is 0. The van der Waals surface area contributed by atoms with Crippen molar-refractivity contribution in [3.63, 3.8) is 0 Å². The minimum atomic E-state index is 0.0901. The molecule has 0 saturated carbocycles. The Hall–Kier alpha value is -1.83. The van der Waals surface area contributed by atoms with Gasteiger partial charge in [-0.1, -0.05) is 32.5 Å². The molecule has 1 aliphatic heterocycles. The largest absolute Gasteiger partial charge is 0.356 e. The number of amides is 1. The van der Waals surface area contributed by atoms with Crippen molar-refractivity contribution in [2.24, 2.45) is 5.92 Å². The van der Waals surface area contributed by atoms with Crippen LogP contribution in [0.2, 0.25) is 0 Å². The third-order valence-electron chi connectivity index (χ3n) is 4.62. The van der Waals surface area contributed by atoms with Gasteiger partial charge in [-0.3, -0.25) is 4.79 Å². The first-order chi connectivity index (χ1) is 13.1. The number of piperidine rings is 1. The van der Waals surface area contributed by atoms with Crippen molar-refractivity contribution in [1.29, 1.82) is 0 Å². The minimum Gasteiger partial charge on any atom is -0.356 e. The van der Waals surface area contributed by atoms with E-state index in [9.17, 15) is 4.79 Å². The van der Waals surface area contributed by atoms with Crippen LogP contribution in [0.1, 0.15) is 46.5 Å². The Bertz CT molecular complexity index is 769. The molecule has 1 aliphatic rings. The molecule has 1 N–H and O–H groups in total. The average molecular weight is 391 g/mol. The fraction of sp³-hybridized carbons (Fsp3) is 0.684. The predicted molar refractivity (Wildman–Crippen MR) is 110 cm³/mol. The molecule has 0 unspecified atom stereocenters. The van der Waals surface area contributed by atoms with Crippen LogP contribution in [0.4, 0.5) is 5.82 Å². The fourth-order valence-corrected chi connectivity index (χ4v) is 3.93. The van der Waals surface area contributed by atoms with Gasteiger partial charge in [-0.15, -0.1) is 0 Å². The highest BCUT2D eigenvalue weighted by Crippen LogP contribution is 2.29. The topological polar surface area (TPSA) is 75.9 Å². The molecule has 0 spiro atoms. The molecule has 8 heteroatoms. The van der Waals surface area contributed by atoms with Gasteiger partial charge < -0.3 is 10.2 Å². The van der Waals surface area contributed by atoms with Gasteiger partial charge in [-0.25, -0.2) is 14.6 Å². The Morgan fingerprint density at radius 3 is 2.74 bits per heavy atom. The molecule has 1 amide bonds. The number of carbonyl (C=O) groups excluding carboxylic acids is 1. The molecule has 0 atom stereocenters. The van der Waals surface area contributed by atoms with E-state index in [-0.39, 0.29) is 5.91 Å². The maximum atomic E-state index is 11.9. The predicted octanol–water partition coefficient (Wildman–Crippen LogP) is 3.09. The van der Waals surface area contributed by atoms with Crippen LogP contribution in [0.5, 0.6) is 0 Å². The first kappa shape index (κ1) is 19.9. The summed E-state index contributed by atoms with van der Waals surface area (Å²) in [5.41, 5.74) is 0.861. The molecular weight excluding hydrogens is 360 g/mol. The summed E-state index contributed by atoms with van der Waals surface area (Å²) in [6.07, 6.45) is 6.13. The number of nitrogens with one attached hydrogen (secondary N) is 1. The normalized spacial score (nSPS) is 14.9. The number of fused-ring (bicyclic) bond motifs is 1. The van der Waals surface area contributed by atoms with E-state index in [1.54, 1.807) is 11.8 Å². The summed E-state index contributed by atoms with van der Waals surface area (Å²) >= 11 is 1.66. The third kappa shape index (κ3) is 5.12. The smallest absolute Gasteiger partial charge is 0.220 e. The van der Waals surface area contributed by atoms with Gasteiger partial charge in [0.2, 0.25) is 5.91 Å². The van der Waals surface area contributed by atoms with Crippen LogP contribution in [-0.2, 0) is 11.3 Å². The lowest BCUT2D eigenvalue weighted by molar-refractivity contribution is -0.121. The van der Waals surface area contributed by atoms with Crippen molar-refractivity contribution in [2.75, 3.05) is 30.3 Å². The van der Waals surface area contributed by atoms with Crippen molar-refractivity contribution in [3.8, 4) is 0 Å². The summed E-state index contributed by atoms with van der Waals surface area (Å²) in [5, 5.41) is 9.32. The maximum Gasteiger partial charge on any atom is 0.220 e. The lowest BCUT2D eigenvalue weighted by Crippen LogP contribution is -2.30. The third-order valence-corrected chi connectivity index (χ3v) is 5.35. The number of anilines is 1. The number of rotatable bonds is 8. The van der Waals surface area contributed by atoms with Crippen LogP contribution >= 0.6 is 11.8 Å². The Labute approximate surface area is 165 Å². The van der Waals surface area contributed by atoms with E-state index in [2.05, 4.69) is 22.2 Å². The van der Waals surface area contributed by atoms with E-state index < -0.39 is 0 Å². The molecule has 3 rings (SSSR count). The second kappa shape index (κ2) is 9.39. The van der Waals surface area contributed by atoms with E-state index in [1.807, 2.05) is 24.7 Å². The average Bonchev–Trinajstić information content (AvgIpc) is 3.04. The molecule has 0 radical (unpaired) electrons. The summed E-state index contributed by atoms with van der Waals surface area (Å²) in [5.74, 6) is 2.40. The molecule has 148 valence electrons. The van der Waals surface area contributed by atoms with Crippen LogP contribution in [0.25, 0.3) is 11.0 Å². The minimum absolute atomic E-state index is 0.0901. The van der Waals surface area contributed by atoms with Crippen molar-refractivity contribution in [3.05, 3.63) is 6.20 Å². The second-order valence-corrected chi connectivity index (χ2v) is 8.59. The second-order valence-electron chi connectivity index (χ2n) is 7.36. The van der Waals surface area contributed by atoms with E-state index in [4.69, 9.17) is 9.97 Å². The van der Waals surface area contributed by atoms with Gasteiger partial charge in [-0.2, -0.15) is 5.10 Å². The quantitative estimate of drug-likeness (QED) is 0.551. The first-order valence-electron chi connectivity index (χ1n) is 9.96. The summed E-state index contributed by atoms with van der Waals surface area (Å²) in [4.78, 5) is 23.8. The Morgan fingerprint density at radius 1 is 1.26 bits per heavy atom. The van der Waals surface area contributed by atoms with Gasteiger partial charge in [-0.05, 0) is 30.9 Å². The van der Waals surface area contributed by atoms with Gasteiger partial charge >= 0.3 is 0 Å². The number of hydrogen-bond donors (Lipinski definition) is 1. The molecular formula is C19H30N6OS. The molecule has 7 nitrogen and oxygen atoms in total. The van der Waals surface area contributed by atoms with E-state index in [0.717, 1.165) is 40.9 Å². The zero-order valence-corrected chi connectivity index (χ0v) is 17.4. The molecule has 3 heterocycles. The van der Waals surface area contributed by atoms with Gasteiger partial charge in [0, 0.05) is 26.1 Å². The first-order valence-corrected chi connectivity index (χ1v) is 10.9. The number of hydrogen-bond acceptors (Lipinski definition) is 6. The molecule has 27 heavy (non-hydrogen) atoms. The van der Waals surface area contributed by atoms with Gasteiger partial charge in [0.1, 0.15) is 5.82 Å². The molecule has 2 aromatic heterocycles. The van der Waals surface area contributed by atoms with Crippen LogP contribution in [0, 0.1) is 5.92 Å². The van der Waals surface area contributed by atoms with Crippen LogP contribution in [0.15, 0.2) is 11.4 Å². The molecule has 0 aromatic carbocycles. The van der Waals surface area contributed by atoms with E-state index in [0.29, 0.717) is 25.4 Å². The standard InChI is InChI=1S/C19H30N6OS/c1-4-27-19-22-17(24-9-6-5-7-10-24)15-13-21-25(18(15)23-19)11-8-20-16(26)12-14(2)3/h13-14H,4-12H2,1-3H3,(H,20,26). The van der Waals surface area contributed by atoms with E-state index >= 15 is 0 Å². The summed E-state index contributed by atoms with van der Waals surface area (Å²) in [6, 6.07) is 0. The van der Waals surface area contributed by atoms with Crippen LogP contribution < -0.4 is 10.2 Å². The van der Waals surface area contributed by atoms with Crippen molar-refractivity contribution < 1.29 is 4.79 Å². The van der Waals surface area contributed by atoms with Gasteiger partial charge in [0.05, 0.1) is 18.1 Å². The van der Waals surface area contributed by atoms with Crippen molar-refractivity contribution in [2.45, 2.75) is 58.2 Å². The number of thioether (sulfide) groups is 1. The fourth-order valence-electron chi connectivity index (χ4n) is 3.37. The number of aromatic nitrogens is 4. The summed E-state index contributed by atoms with van der Waals surface area (Å²) < 4.78 is 1.89. The zero-order valence-electron chi connectivity index (χ0n) is 16.6. The van der Waals surface area contributed by atoms with Gasteiger partial charge in [0.15, 0.2) is 10.8 Å². The van der Waals surface area contributed by atoms with Crippen LogP contribution in [-0.4, -0.2) is 51.0 Å². The molecule has 1 saturated heterocycles. The van der Waals surface area contributed by atoms with Gasteiger partial charge in [0.25, 0.3) is 0 Å².